The van der Waals surface area contributed by atoms with E-state index in [0.717, 1.165) is 11.1 Å². The standard InChI is InChI=1S/C29H32FN5O5/c1-19(2)26(36)33-28-32-25-24(27(37)34-28)31-18-35(25)23-13-22(39-15-21-11-7-4-8-12-21)29(16-30,40-23)17-38-14-20-9-5-3-6-10-20/h3-12,18-19,22-23H,13-17H2,1-2H3,(H2,32,33,34,36,37)/t22-,23+,29+/m0/s1. The maximum Gasteiger partial charge on any atom is 0.280 e. The van der Waals surface area contributed by atoms with Gasteiger partial charge in [0.1, 0.15) is 18.5 Å². The van der Waals surface area contributed by atoms with Crippen LogP contribution in [0.25, 0.3) is 11.2 Å². The van der Waals surface area contributed by atoms with Crippen LogP contribution in [-0.2, 0) is 32.2 Å². The van der Waals surface area contributed by atoms with E-state index >= 15 is 0 Å². The van der Waals surface area contributed by atoms with Crippen LogP contribution in [0.3, 0.4) is 0 Å². The lowest BCUT2D eigenvalue weighted by atomic mass is 9.99. The van der Waals surface area contributed by atoms with E-state index in [9.17, 15) is 14.0 Å². The lowest BCUT2D eigenvalue weighted by Gasteiger charge is -2.31. The third-order valence-corrected chi connectivity index (χ3v) is 6.86. The van der Waals surface area contributed by atoms with Crippen LogP contribution in [0.2, 0.25) is 0 Å². The molecule has 0 bridgehead atoms. The van der Waals surface area contributed by atoms with E-state index in [2.05, 4.69) is 20.3 Å². The van der Waals surface area contributed by atoms with Gasteiger partial charge < -0.3 is 14.2 Å². The highest BCUT2D eigenvalue weighted by atomic mass is 19.1. The van der Waals surface area contributed by atoms with E-state index in [1.165, 1.54) is 6.33 Å². The van der Waals surface area contributed by atoms with Crippen LogP contribution >= 0.6 is 0 Å². The van der Waals surface area contributed by atoms with Crippen molar-refractivity contribution in [3.63, 3.8) is 0 Å². The summed E-state index contributed by atoms with van der Waals surface area (Å²) in [4.78, 5) is 36.1. The molecule has 0 saturated carbocycles. The summed E-state index contributed by atoms with van der Waals surface area (Å²) in [7, 11) is 0. The Morgan fingerprint density at radius 2 is 1.82 bits per heavy atom. The molecule has 11 heteroatoms. The number of hydrogen-bond acceptors (Lipinski definition) is 7. The van der Waals surface area contributed by atoms with E-state index in [0.29, 0.717) is 0 Å². The van der Waals surface area contributed by atoms with Gasteiger partial charge >= 0.3 is 0 Å². The Hall–Kier alpha value is -3.93. The predicted molar refractivity (Wildman–Crippen MR) is 146 cm³/mol. The van der Waals surface area contributed by atoms with E-state index in [-0.39, 0.29) is 55.2 Å². The van der Waals surface area contributed by atoms with Gasteiger partial charge in [0.25, 0.3) is 5.56 Å². The van der Waals surface area contributed by atoms with Crippen LogP contribution in [0.15, 0.2) is 71.8 Å². The number of aromatic nitrogens is 4. The molecule has 1 amide bonds. The van der Waals surface area contributed by atoms with Crippen molar-refractivity contribution in [2.75, 3.05) is 18.6 Å². The van der Waals surface area contributed by atoms with E-state index in [1.54, 1.807) is 18.4 Å². The SMILES string of the molecule is CC(C)C(=O)Nc1nc2c(ncn2[C@H]2C[C@H](OCc3ccccc3)[C@@](CF)(COCc3ccccc3)O2)c(=O)[nH]1. The Kier molecular flexibility index (Phi) is 8.34. The molecule has 0 spiro atoms. The molecule has 1 fully saturated rings. The predicted octanol–water partition coefficient (Wildman–Crippen LogP) is 4.14. The Bertz CT molecular complexity index is 1490. The second kappa shape index (κ2) is 12.1. The molecule has 0 aliphatic carbocycles. The monoisotopic (exact) mass is 549 g/mol. The zero-order valence-electron chi connectivity index (χ0n) is 22.4. The number of carbonyl (C=O) groups is 1. The number of ether oxygens (including phenoxy) is 3. The van der Waals surface area contributed by atoms with Gasteiger partial charge in [-0.3, -0.25) is 24.5 Å². The van der Waals surface area contributed by atoms with Gasteiger partial charge in [0.2, 0.25) is 11.9 Å². The fourth-order valence-corrected chi connectivity index (χ4v) is 4.61. The number of alkyl halides is 1. The van der Waals surface area contributed by atoms with Gasteiger partial charge in [-0.15, -0.1) is 0 Å². The average Bonchev–Trinajstić information content (AvgIpc) is 3.55. The third kappa shape index (κ3) is 5.96. The zero-order chi connectivity index (χ0) is 28.1. The van der Waals surface area contributed by atoms with Gasteiger partial charge in [-0.1, -0.05) is 74.5 Å². The summed E-state index contributed by atoms with van der Waals surface area (Å²) >= 11 is 0. The summed E-state index contributed by atoms with van der Waals surface area (Å²) in [5.74, 6) is -0.615. The topological polar surface area (TPSA) is 120 Å². The number of halogens is 1. The summed E-state index contributed by atoms with van der Waals surface area (Å²) in [5, 5.41) is 2.61. The highest BCUT2D eigenvalue weighted by Crippen LogP contribution is 2.41. The first-order valence-corrected chi connectivity index (χ1v) is 13.2. The molecule has 1 aliphatic rings. The van der Waals surface area contributed by atoms with Crippen LogP contribution < -0.4 is 10.9 Å². The van der Waals surface area contributed by atoms with Crippen molar-refractivity contribution in [2.45, 2.75) is 51.4 Å². The minimum atomic E-state index is -1.40. The van der Waals surface area contributed by atoms with E-state index < -0.39 is 30.2 Å². The number of nitrogens with one attached hydrogen (secondary N) is 2. The molecule has 2 aromatic heterocycles. The second-order valence-corrected chi connectivity index (χ2v) is 10.2. The maximum absolute atomic E-state index is 14.9. The number of hydrogen-bond donors (Lipinski definition) is 2. The number of nitrogens with zero attached hydrogens (tertiary/aromatic N) is 3. The number of rotatable bonds is 11. The van der Waals surface area contributed by atoms with Gasteiger partial charge in [-0.05, 0) is 11.1 Å². The Balaban J connectivity index is 1.42. The molecule has 3 heterocycles. The van der Waals surface area contributed by atoms with Gasteiger partial charge in [0, 0.05) is 12.3 Å². The molecule has 210 valence electrons. The number of fused-ring (bicyclic) bond motifs is 1. The fourth-order valence-electron chi connectivity index (χ4n) is 4.61. The molecule has 5 rings (SSSR count). The second-order valence-electron chi connectivity index (χ2n) is 10.2. The zero-order valence-corrected chi connectivity index (χ0v) is 22.4. The normalized spacial score (nSPS) is 20.8. The number of imidazole rings is 1. The summed E-state index contributed by atoms with van der Waals surface area (Å²) in [6.07, 6.45) is 0.279. The first-order chi connectivity index (χ1) is 19.4. The lowest BCUT2D eigenvalue weighted by molar-refractivity contribution is -0.164. The van der Waals surface area contributed by atoms with Gasteiger partial charge in [-0.25, -0.2) is 9.37 Å². The summed E-state index contributed by atoms with van der Waals surface area (Å²) in [6.45, 7) is 3.10. The number of aromatic amines is 1. The quantitative estimate of drug-likeness (QED) is 0.288. The molecule has 0 radical (unpaired) electrons. The minimum absolute atomic E-state index is 0.00391. The first kappa shape index (κ1) is 27.6. The summed E-state index contributed by atoms with van der Waals surface area (Å²) in [6, 6.07) is 19.2. The Morgan fingerprint density at radius 3 is 2.48 bits per heavy atom. The molecule has 2 aromatic carbocycles. The van der Waals surface area contributed by atoms with Gasteiger partial charge in [-0.2, -0.15) is 4.98 Å². The Labute approximate surface area is 230 Å². The van der Waals surface area contributed by atoms with Crippen molar-refractivity contribution < 1.29 is 23.4 Å². The molecule has 4 aromatic rings. The van der Waals surface area contributed by atoms with Gasteiger partial charge in [0.05, 0.1) is 32.3 Å². The highest BCUT2D eigenvalue weighted by Gasteiger charge is 2.51. The smallest absolute Gasteiger partial charge is 0.280 e. The highest BCUT2D eigenvalue weighted by molar-refractivity contribution is 5.91. The molecular weight excluding hydrogens is 517 g/mol. The lowest BCUT2D eigenvalue weighted by Crippen LogP contribution is -2.47. The summed E-state index contributed by atoms with van der Waals surface area (Å²) in [5.41, 5.74) is 0.255. The van der Waals surface area contributed by atoms with Crippen molar-refractivity contribution >= 4 is 23.0 Å². The van der Waals surface area contributed by atoms with Crippen LogP contribution in [-0.4, -0.2) is 50.4 Å². The molecule has 0 unspecified atom stereocenters. The van der Waals surface area contributed by atoms with Crippen LogP contribution in [0, 0.1) is 5.92 Å². The summed E-state index contributed by atoms with van der Waals surface area (Å²) < 4.78 is 35.0. The minimum Gasteiger partial charge on any atom is -0.374 e. The first-order valence-electron chi connectivity index (χ1n) is 13.2. The van der Waals surface area contributed by atoms with E-state index in [4.69, 9.17) is 14.2 Å². The van der Waals surface area contributed by atoms with Crippen molar-refractivity contribution in [3.8, 4) is 0 Å². The number of anilines is 1. The third-order valence-electron chi connectivity index (χ3n) is 6.86. The molecule has 2 N–H and O–H groups in total. The molecule has 1 aliphatic heterocycles. The van der Waals surface area contributed by atoms with Gasteiger partial charge in [0.15, 0.2) is 11.2 Å². The van der Waals surface area contributed by atoms with E-state index in [1.807, 2.05) is 60.7 Å². The molecule has 10 nitrogen and oxygen atoms in total. The number of amides is 1. The van der Waals surface area contributed by atoms with Crippen molar-refractivity contribution in [3.05, 3.63) is 88.5 Å². The van der Waals surface area contributed by atoms with Crippen LogP contribution in [0.1, 0.15) is 37.6 Å². The van der Waals surface area contributed by atoms with Crippen molar-refractivity contribution in [2.24, 2.45) is 5.92 Å². The largest absolute Gasteiger partial charge is 0.374 e. The number of H-pyrrole nitrogens is 1. The molecule has 1 saturated heterocycles. The molecule has 3 atom stereocenters. The fraction of sp³-hybridized carbons (Fsp3) is 0.379. The van der Waals surface area contributed by atoms with Crippen molar-refractivity contribution in [1.29, 1.82) is 0 Å². The average molecular weight is 550 g/mol. The Morgan fingerprint density at radius 1 is 1.15 bits per heavy atom. The number of benzene rings is 2. The molecular formula is C29H32FN5O5. The van der Waals surface area contributed by atoms with Crippen LogP contribution in [0.5, 0.6) is 0 Å². The number of carbonyl (C=O) groups excluding carboxylic acids is 1. The van der Waals surface area contributed by atoms with Crippen molar-refractivity contribution in [1.82, 2.24) is 19.5 Å². The van der Waals surface area contributed by atoms with Crippen LogP contribution in [0.4, 0.5) is 10.3 Å². The maximum atomic E-state index is 14.9. The molecule has 40 heavy (non-hydrogen) atoms.